The van der Waals surface area contributed by atoms with Gasteiger partial charge in [0.2, 0.25) is 5.13 Å². The van der Waals surface area contributed by atoms with Crippen molar-refractivity contribution in [2.45, 2.75) is 13.3 Å². The maximum atomic E-state index is 5.40. The van der Waals surface area contributed by atoms with E-state index in [0.29, 0.717) is 6.61 Å². The van der Waals surface area contributed by atoms with E-state index in [1.54, 1.807) is 11.3 Å². The molecule has 0 bridgehead atoms. The third-order valence-corrected chi connectivity index (χ3v) is 3.21. The molecule has 0 atom stereocenters. The van der Waals surface area contributed by atoms with Crippen LogP contribution in [0.25, 0.3) is 0 Å². The zero-order valence-corrected chi connectivity index (χ0v) is 10.8. The fourth-order valence-corrected chi connectivity index (χ4v) is 2.20. The molecular weight excluding hydrogens is 234 g/mol. The number of ether oxygens (including phenoxy) is 1. The Balaban J connectivity index is 2.03. The molecule has 90 valence electrons. The van der Waals surface area contributed by atoms with Crippen molar-refractivity contribution in [3.05, 3.63) is 34.8 Å². The predicted octanol–water partition coefficient (Wildman–Crippen LogP) is 2.57. The number of benzene rings is 1. The first-order valence-corrected chi connectivity index (χ1v) is 6.35. The minimum absolute atomic E-state index is 0.696. The van der Waals surface area contributed by atoms with E-state index >= 15 is 0 Å². The maximum Gasteiger partial charge on any atom is 0.205 e. The van der Waals surface area contributed by atoms with E-state index in [0.717, 1.165) is 22.3 Å². The van der Waals surface area contributed by atoms with Gasteiger partial charge in [0.15, 0.2) is 0 Å². The highest BCUT2D eigenvalue weighted by Gasteiger charge is 2.03. The van der Waals surface area contributed by atoms with E-state index in [4.69, 9.17) is 4.74 Å². The van der Waals surface area contributed by atoms with Gasteiger partial charge in [-0.1, -0.05) is 23.5 Å². The zero-order chi connectivity index (χ0) is 12.1. The van der Waals surface area contributed by atoms with Gasteiger partial charge in [-0.05, 0) is 24.6 Å². The van der Waals surface area contributed by atoms with Crippen LogP contribution in [0.15, 0.2) is 24.3 Å². The summed E-state index contributed by atoms with van der Waals surface area (Å²) in [6.45, 7) is 2.68. The van der Waals surface area contributed by atoms with E-state index in [9.17, 15) is 0 Å². The summed E-state index contributed by atoms with van der Waals surface area (Å²) in [5.41, 5.74) is 1.22. The fraction of sp³-hybridized carbons (Fsp3) is 0.333. The van der Waals surface area contributed by atoms with Crippen LogP contribution in [-0.2, 0) is 6.42 Å². The lowest BCUT2D eigenvalue weighted by Gasteiger charge is -2.03. The molecule has 2 aromatic rings. The van der Waals surface area contributed by atoms with Crippen molar-refractivity contribution in [1.82, 2.24) is 10.2 Å². The summed E-state index contributed by atoms with van der Waals surface area (Å²) in [7, 11) is 1.85. The van der Waals surface area contributed by atoms with Gasteiger partial charge in [0, 0.05) is 13.5 Å². The Bertz CT molecular complexity index is 467. The van der Waals surface area contributed by atoms with Crippen LogP contribution in [0, 0.1) is 0 Å². The molecule has 1 N–H and O–H groups in total. The van der Waals surface area contributed by atoms with Gasteiger partial charge >= 0.3 is 0 Å². The summed E-state index contributed by atoms with van der Waals surface area (Å²) in [5.74, 6) is 0.907. The van der Waals surface area contributed by atoms with E-state index in [2.05, 4.69) is 27.6 Å². The van der Waals surface area contributed by atoms with E-state index in [-0.39, 0.29) is 0 Å². The average molecular weight is 249 g/mol. The molecule has 4 nitrogen and oxygen atoms in total. The number of nitrogens with zero attached hydrogens (tertiary/aromatic N) is 2. The van der Waals surface area contributed by atoms with E-state index in [1.165, 1.54) is 5.56 Å². The topological polar surface area (TPSA) is 47.0 Å². The Morgan fingerprint density at radius 2 is 2.00 bits per heavy atom. The Labute approximate surface area is 105 Å². The lowest BCUT2D eigenvalue weighted by molar-refractivity contribution is 0.340. The lowest BCUT2D eigenvalue weighted by atomic mass is 10.1. The van der Waals surface area contributed by atoms with Gasteiger partial charge in [0.1, 0.15) is 10.8 Å². The summed E-state index contributed by atoms with van der Waals surface area (Å²) in [6, 6.07) is 8.09. The van der Waals surface area contributed by atoms with Crippen LogP contribution in [0.2, 0.25) is 0 Å². The van der Waals surface area contributed by atoms with Crippen molar-refractivity contribution < 1.29 is 4.74 Å². The van der Waals surface area contributed by atoms with Crippen LogP contribution in [0.4, 0.5) is 5.13 Å². The number of hydrogen-bond acceptors (Lipinski definition) is 5. The van der Waals surface area contributed by atoms with Gasteiger partial charge in [-0.25, -0.2) is 0 Å². The smallest absolute Gasteiger partial charge is 0.205 e. The van der Waals surface area contributed by atoms with Crippen LogP contribution >= 0.6 is 11.3 Å². The summed E-state index contributed by atoms with van der Waals surface area (Å²) in [6.07, 6.45) is 0.811. The molecular formula is C12H15N3OS. The Morgan fingerprint density at radius 1 is 1.24 bits per heavy atom. The summed E-state index contributed by atoms with van der Waals surface area (Å²) >= 11 is 1.58. The van der Waals surface area contributed by atoms with Crippen LogP contribution in [0.3, 0.4) is 0 Å². The van der Waals surface area contributed by atoms with Crippen molar-refractivity contribution in [3.63, 3.8) is 0 Å². The highest BCUT2D eigenvalue weighted by atomic mass is 32.1. The Kier molecular flexibility index (Phi) is 3.93. The normalized spacial score (nSPS) is 10.2. The summed E-state index contributed by atoms with van der Waals surface area (Å²) in [4.78, 5) is 0. The van der Waals surface area contributed by atoms with Crippen molar-refractivity contribution in [2.24, 2.45) is 0 Å². The van der Waals surface area contributed by atoms with E-state index < -0.39 is 0 Å². The van der Waals surface area contributed by atoms with Crippen molar-refractivity contribution in [3.8, 4) is 5.75 Å². The standard InChI is InChI=1S/C12H15N3OS/c1-3-16-10-6-4-9(5-7-10)8-11-14-15-12(13-2)17-11/h4-7H,3,8H2,1-2H3,(H,13,15). The third kappa shape index (κ3) is 3.17. The lowest BCUT2D eigenvalue weighted by Crippen LogP contribution is -1.92. The second-order valence-electron chi connectivity index (χ2n) is 3.50. The van der Waals surface area contributed by atoms with Crippen molar-refractivity contribution in [1.29, 1.82) is 0 Å². The number of anilines is 1. The molecule has 0 aliphatic rings. The zero-order valence-electron chi connectivity index (χ0n) is 9.93. The molecule has 0 saturated heterocycles. The van der Waals surface area contributed by atoms with Crippen molar-refractivity contribution >= 4 is 16.5 Å². The first-order chi connectivity index (χ1) is 8.31. The second kappa shape index (κ2) is 5.63. The first-order valence-electron chi connectivity index (χ1n) is 5.53. The molecule has 0 aliphatic carbocycles. The Hall–Kier alpha value is -1.62. The minimum Gasteiger partial charge on any atom is -0.494 e. The number of nitrogens with one attached hydrogen (secondary N) is 1. The van der Waals surface area contributed by atoms with Gasteiger partial charge in [0.25, 0.3) is 0 Å². The molecule has 0 amide bonds. The molecule has 0 aliphatic heterocycles. The van der Waals surface area contributed by atoms with Gasteiger partial charge in [-0.15, -0.1) is 10.2 Å². The molecule has 0 radical (unpaired) electrons. The molecule has 1 heterocycles. The number of aromatic nitrogens is 2. The van der Waals surface area contributed by atoms with Crippen LogP contribution < -0.4 is 10.1 Å². The first kappa shape index (κ1) is 11.9. The highest BCUT2D eigenvalue weighted by Crippen LogP contribution is 2.19. The molecule has 1 aromatic carbocycles. The maximum absolute atomic E-state index is 5.40. The quantitative estimate of drug-likeness (QED) is 0.884. The second-order valence-corrected chi connectivity index (χ2v) is 4.57. The van der Waals surface area contributed by atoms with Gasteiger partial charge in [-0.2, -0.15) is 0 Å². The Morgan fingerprint density at radius 3 is 2.59 bits per heavy atom. The molecule has 0 fully saturated rings. The predicted molar refractivity (Wildman–Crippen MR) is 69.9 cm³/mol. The monoisotopic (exact) mass is 249 g/mol. The van der Waals surface area contributed by atoms with Crippen LogP contribution in [0.1, 0.15) is 17.5 Å². The molecule has 0 unspecified atom stereocenters. The molecule has 0 saturated carbocycles. The number of hydrogen-bond donors (Lipinski definition) is 1. The molecule has 17 heavy (non-hydrogen) atoms. The largest absolute Gasteiger partial charge is 0.494 e. The fourth-order valence-electron chi connectivity index (χ4n) is 1.47. The van der Waals surface area contributed by atoms with Gasteiger partial charge in [0.05, 0.1) is 6.61 Å². The summed E-state index contributed by atoms with van der Waals surface area (Å²) in [5, 5.41) is 13.0. The third-order valence-electron chi connectivity index (χ3n) is 2.27. The molecule has 5 heteroatoms. The van der Waals surface area contributed by atoms with Crippen LogP contribution in [0.5, 0.6) is 5.75 Å². The molecule has 0 spiro atoms. The highest BCUT2D eigenvalue weighted by molar-refractivity contribution is 7.15. The molecule has 1 aromatic heterocycles. The van der Waals surface area contributed by atoms with E-state index in [1.807, 2.05) is 26.1 Å². The number of rotatable bonds is 5. The van der Waals surface area contributed by atoms with Crippen molar-refractivity contribution in [2.75, 3.05) is 19.0 Å². The SMILES string of the molecule is CCOc1ccc(Cc2nnc(NC)s2)cc1. The van der Waals surface area contributed by atoms with Gasteiger partial charge < -0.3 is 10.1 Å². The summed E-state index contributed by atoms with van der Waals surface area (Å²) < 4.78 is 5.40. The average Bonchev–Trinajstić information content (AvgIpc) is 2.80. The minimum atomic E-state index is 0.696. The van der Waals surface area contributed by atoms with Crippen LogP contribution in [-0.4, -0.2) is 23.9 Å². The van der Waals surface area contributed by atoms with Gasteiger partial charge in [-0.3, -0.25) is 0 Å². The molecule has 2 rings (SSSR count).